The van der Waals surface area contributed by atoms with E-state index >= 15 is 0 Å². The summed E-state index contributed by atoms with van der Waals surface area (Å²) in [5.74, 6) is 1.28. The van der Waals surface area contributed by atoms with E-state index in [1.807, 2.05) is 61.8 Å². The van der Waals surface area contributed by atoms with Crippen LogP contribution in [0.15, 0.2) is 70.9 Å². The number of nitrogens with one attached hydrogen (secondary N) is 3. The largest absolute Gasteiger partial charge is 0.343 e. The first-order chi connectivity index (χ1) is 15.2. The molecule has 0 bridgehead atoms. The molecule has 7 nitrogen and oxygen atoms in total. The van der Waals surface area contributed by atoms with Crippen LogP contribution in [-0.4, -0.2) is 32.5 Å². The molecule has 0 saturated heterocycles. The summed E-state index contributed by atoms with van der Waals surface area (Å²) >= 11 is 1.60. The quantitative estimate of drug-likeness (QED) is 0.467. The molecule has 0 aromatic carbocycles. The van der Waals surface area contributed by atoms with Crippen LogP contribution in [0.2, 0.25) is 0 Å². The third kappa shape index (κ3) is 4.70. The molecule has 0 amide bonds. The molecule has 0 radical (unpaired) electrons. The molecular formula is C23H23N7S. The second kappa shape index (κ2) is 9.36. The second-order valence-corrected chi connectivity index (χ2v) is 7.68. The van der Waals surface area contributed by atoms with Crippen molar-refractivity contribution >= 4 is 51.2 Å². The van der Waals surface area contributed by atoms with E-state index in [0.29, 0.717) is 12.6 Å². The average molecular weight is 430 g/mol. The summed E-state index contributed by atoms with van der Waals surface area (Å²) in [6.45, 7) is 8.18. The molecule has 0 unspecified atom stereocenters. The molecule has 3 heterocycles. The van der Waals surface area contributed by atoms with Crippen LogP contribution in [0.3, 0.4) is 0 Å². The third-order valence-corrected chi connectivity index (χ3v) is 5.54. The first kappa shape index (κ1) is 20.5. The number of aromatic amines is 1. The summed E-state index contributed by atoms with van der Waals surface area (Å²) in [5, 5.41) is 15.6. The standard InChI is InChI=1S/C23H23N7S/c1-4-16-8-6-7-9-19(16)24-14-25-23-28-20-10-11-31-21(20)22(29-23)27-15(3)12-17-13-26-30-18(17)5-2/h4-13H,2,14H2,1,3H3,(H,26,30)(H2,25,27,28,29)/b15-12+,16-4-,24-19-. The summed E-state index contributed by atoms with van der Waals surface area (Å²) in [7, 11) is 0. The maximum Gasteiger partial charge on any atom is 0.226 e. The van der Waals surface area contributed by atoms with Gasteiger partial charge in [0.05, 0.1) is 27.8 Å². The van der Waals surface area contributed by atoms with Gasteiger partial charge in [0.2, 0.25) is 5.95 Å². The molecule has 0 atom stereocenters. The molecule has 0 fully saturated rings. The highest BCUT2D eigenvalue weighted by atomic mass is 32.1. The Morgan fingerprint density at radius 3 is 3.00 bits per heavy atom. The Morgan fingerprint density at radius 2 is 2.16 bits per heavy atom. The summed E-state index contributed by atoms with van der Waals surface area (Å²) in [6, 6.07) is 1.99. The minimum absolute atomic E-state index is 0.381. The molecule has 0 spiro atoms. The predicted molar refractivity (Wildman–Crippen MR) is 131 cm³/mol. The van der Waals surface area contributed by atoms with E-state index in [0.717, 1.165) is 44.3 Å². The fourth-order valence-electron chi connectivity index (χ4n) is 3.14. The molecule has 1 aliphatic rings. The number of H-pyrrole nitrogens is 1. The van der Waals surface area contributed by atoms with Crippen molar-refractivity contribution in [3.05, 3.63) is 77.1 Å². The van der Waals surface area contributed by atoms with Gasteiger partial charge in [0.25, 0.3) is 0 Å². The fraction of sp³-hybridized carbons (Fsp3) is 0.130. The molecule has 0 saturated carbocycles. The second-order valence-electron chi connectivity index (χ2n) is 6.77. The van der Waals surface area contributed by atoms with Crippen LogP contribution in [0.25, 0.3) is 22.4 Å². The van der Waals surface area contributed by atoms with Gasteiger partial charge in [-0.25, -0.2) is 4.98 Å². The van der Waals surface area contributed by atoms with Gasteiger partial charge in [-0.3, -0.25) is 10.1 Å². The van der Waals surface area contributed by atoms with Gasteiger partial charge in [0.1, 0.15) is 6.67 Å². The van der Waals surface area contributed by atoms with E-state index < -0.39 is 0 Å². The van der Waals surface area contributed by atoms with E-state index in [4.69, 9.17) is 0 Å². The molecule has 156 valence electrons. The fourth-order valence-corrected chi connectivity index (χ4v) is 3.91. The van der Waals surface area contributed by atoms with Crippen LogP contribution in [0.5, 0.6) is 0 Å². The van der Waals surface area contributed by atoms with Gasteiger partial charge in [0.15, 0.2) is 5.82 Å². The van der Waals surface area contributed by atoms with Crippen LogP contribution < -0.4 is 10.6 Å². The number of nitrogens with zero attached hydrogens (tertiary/aromatic N) is 4. The van der Waals surface area contributed by atoms with Gasteiger partial charge in [-0.1, -0.05) is 30.9 Å². The lowest BCUT2D eigenvalue weighted by atomic mass is 10.1. The number of allylic oxidation sites excluding steroid dienone is 7. The van der Waals surface area contributed by atoms with Crippen LogP contribution in [0.4, 0.5) is 11.8 Å². The maximum atomic E-state index is 4.68. The van der Waals surface area contributed by atoms with Crippen LogP contribution in [0.1, 0.15) is 25.1 Å². The van der Waals surface area contributed by atoms with Crippen molar-refractivity contribution in [1.82, 2.24) is 20.2 Å². The van der Waals surface area contributed by atoms with Crippen LogP contribution in [0, 0.1) is 0 Å². The molecule has 31 heavy (non-hydrogen) atoms. The Hall–Kier alpha value is -3.78. The number of rotatable bonds is 7. The minimum atomic E-state index is 0.381. The van der Waals surface area contributed by atoms with Gasteiger partial charge in [-0.05, 0) is 49.1 Å². The van der Waals surface area contributed by atoms with E-state index in [1.54, 1.807) is 23.6 Å². The van der Waals surface area contributed by atoms with Gasteiger partial charge in [-0.15, -0.1) is 11.3 Å². The van der Waals surface area contributed by atoms with Crippen molar-refractivity contribution in [1.29, 1.82) is 0 Å². The predicted octanol–water partition coefficient (Wildman–Crippen LogP) is 5.41. The third-order valence-electron chi connectivity index (χ3n) is 4.63. The Kier molecular flexibility index (Phi) is 6.18. The summed E-state index contributed by atoms with van der Waals surface area (Å²) in [6.07, 6.45) is 15.6. The molecule has 3 aromatic heterocycles. The van der Waals surface area contributed by atoms with Crippen molar-refractivity contribution in [2.24, 2.45) is 4.99 Å². The number of hydrogen-bond acceptors (Lipinski definition) is 7. The highest BCUT2D eigenvalue weighted by Crippen LogP contribution is 2.28. The van der Waals surface area contributed by atoms with Crippen molar-refractivity contribution in [3.8, 4) is 0 Å². The minimum Gasteiger partial charge on any atom is -0.343 e. The lowest BCUT2D eigenvalue weighted by Gasteiger charge is -2.10. The summed E-state index contributed by atoms with van der Waals surface area (Å²) in [4.78, 5) is 13.9. The molecule has 4 rings (SSSR count). The van der Waals surface area contributed by atoms with Gasteiger partial charge < -0.3 is 10.6 Å². The van der Waals surface area contributed by atoms with Crippen molar-refractivity contribution in [2.45, 2.75) is 13.8 Å². The molecule has 3 aromatic rings. The zero-order valence-electron chi connectivity index (χ0n) is 17.4. The average Bonchev–Trinajstić information content (AvgIpc) is 3.43. The van der Waals surface area contributed by atoms with Gasteiger partial charge in [0, 0.05) is 11.3 Å². The highest BCUT2D eigenvalue weighted by molar-refractivity contribution is 7.17. The first-order valence-corrected chi connectivity index (χ1v) is 10.7. The number of aromatic nitrogens is 4. The van der Waals surface area contributed by atoms with Crippen LogP contribution >= 0.6 is 11.3 Å². The van der Waals surface area contributed by atoms with Crippen molar-refractivity contribution in [2.75, 3.05) is 17.3 Å². The smallest absolute Gasteiger partial charge is 0.226 e. The Labute approximate surface area is 184 Å². The van der Waals surface area contributed by atoms with Crippen molar-refractivity contribution < 1.29 is 0 Å². The van der Waals surface area contributed by atoms with Gasteiger partial charge >= 0.3 is 0 Å². The zero-order valence-corrected chi connectivity index (χ0v) is 18.2. The normalized spacial score (nSPS) is 16.4. The Morgan fingerprint density at radius 1 is 1.29 bits per heavy atom. The molecule has 1 aliphatic carbocycles. The lowest BCUT2D eigenvalue weighted by molar-refractivity contribution is 1.07. The van der Waals surface area contributed by atoms with Gasteiger partial charge in [-0.2, -0.15) is 10.1 Å². The first-order valence-electron chi connectivity index (χ1n) is 9.84. The van der Waals surface area contributed by atoms with E-state index in [9.17, 15) is 0 Å². The Bertz CT molecular complexity index is 1250. The van der Waals surface area contributed by atoms with E-state index in [-0.39, 0.29) is 0 Å². The SMILES string of the molecule is C=Cc1[nH]ncc1/C=C(\C)Nc1nc(NC/N=C2/C=CC=C/C2=C/C)nc2ccsc12. The molecule has 0 aliphatic heterocycles. The lowest BCUT2D eigenvalue weighted by Crippen LogP contribution is -2.09. The topological polar surface area (TPSA) is 90.9 Å². The number of fused-ring (bicyclic) bond motifs is 1. The number of thiophene rings is 1. The molecular weight excluding hydrogens is 406 g/mol. The number of hydrogen-bond donors (Lipinski definition) is 3. The summed E-state index contributed by atoms with van der Waals surface area (Å²) < 4.78 is 0.998. The summed E-state index contributed by atoms with van der Waals surface area (Å²) in [5.41, 5.74) is 5.68. The van der Waals surface area contributed by atoms with E-state index in [2.05, 4.69) is 42.4 Å². The van der Waals surface area contributed by atoms with Crippen molar-refractivity contribution in [3.63, 3.8) is 0 Å². The van der Waals surface area contributed by atoms with Crippen LogP contribution in [-0.2, 0) is 0 Å². The Balaban J connectivity index is 1.54. The highest BCUT2D eigenvalue weighted by Gasteiger charge is 2.10. The monoisotopic (exact) mass is 429 g/mol. The molecule has 3 N–H and O–H groups in total. The maximum absolute atomic E-state index is 4.68. The number of anilines is 2. The zero-order chi connectivity index (χ0) is 21.6. The number of aliphatic imine (C=N–C) groups is 1. The van der Waals surface area contributed by atoms with E-state index in [1.165, 1.54) is 0 Å². The molecule has 8 heteroatoms.